The minimum Gasteiger partial charge on any atom is -0.352 e. The Bertz CT molecular complexity index is 1410. The SMILES string of the molecule is CC(C)(F)Cn1nc(N2CCN(CC(F)(F)F)CC2)c2cnc(-c3[nH]ncc3NC(=O)N3CCCCC34CC4)cc21. The van der Waals surface area contributed by atoms with Gasteiger partial charge in [0.2, 0.25) is 0 Å². The predicted octanol–water partition coefficient (Wildman–Crippen LogP) is 4.80. The molecule has 3 aromatic rings. The first-order chi connectivity index (χ1) is 19.4. The molecule has 0 unspecified atom stereocenters. The molecule has 2 aliphatic heterocycles. The number of nitrogens with one attached hydrogen (secondary N) is 2. The first kappa shape index (κ1) is 27.7. The van der Waals surface area contributed by atoms with Crippen LogP contribution in [0.1, 0.15) is 46.0 Å². The molecule has 2 saturated heterocycles. The van der Waals surface area contributed by atoms with E-state index < -0.39 is 18.4 Å². The maximum Gasteiger partial charge on any atom is 0.401 e. The summed E-state index contributed by atoms with van der Waals surface area (Å²) in [5.74, 6) is 0.563. The van der Waals surface area contributed by atoms with Crippen molar-refractivity contribution in [2.24, 2.45) is 0 Å². The van der Waals surface area contributed by atoms with Crippen LogP contribution in [-0.4, -0.2) is 97.4 Å². The van der Waals surface area contributed by atoms with E-state index in [0.29, 0.717) is 46.9 Å². The van der Waals surface area contributed by atoms with Gasteiger partial charge in [0.05, 0.1) is 41.6 Å². The number of likely N-dealkylation sites (tertiary alicyclic amines) is 1. The molecule has 41 heavy (non-hydrogen) atoms. The number of nitrogens with zero attached hydrogens (tertiary/aromatic N) is 7. The summed E-state index contributed by atoms with van der Waals surface area (Å²) >= 11 is 0. The normalized spacial score (nSPS) is 19.8. The lowest BCUT2D eigenvalue weighted by atomic mass is 10.0. The highest BCUT2D eigenvalue weighted by molar-refractivity contribution is 5.96. The van der Waals surface area contributed by atoms with E-state index in [-0.39, 0.29) is 31.2 Å². The number of alkyl halides is 4. The summed E-state index contributed by atoms with van der Waals surface area (Å²) in [5, 5.41) is 15.5. The van der Waals surface area contributed by atoms with Crippen LogP contribution in [0.3, 0.4) is 0 Å². The third-order valence-corrected chi connectivity index (χ3v) is 8.27. The van der Waals surface area contributed by atoms with Gasteiger partial charge in [0.25, 0.3) is 0 Å². The van der Waals surface area contributed by atoms with Crippen LogP contribution < -0.4 is 10.2 Å². The molecule has 0 bridgehead atoms. The third-order valence-electron chi connectivity index (χ3n) is 8.27. The second-order valence-corrected chi connectivity index (χ2v) is 12.1. The highest BCUT2D eigenvalue weighted by Gasteiger charge is 2.51. The Morgan fingerprint density at radius 3 is 2.46 bits per heavy atom. The maximum absolute atomic E-state index is 14.8. The Kier molecular flexibility index (Phi) is 6.86. The Morgan fingerprint density at radius 2 is 1.78 bits per heavy atom. The zero-order valence-corrected chi connectivity index (χ0v) is 23.3. The number of fused-ring (bicyclic) bond motifs is 1. The molecule has 5 heterocycles. The molecule has 3 aromatic heterocycles. The van der Waals surface area contributed by atoms with Crippen molar-refractivity contribution in [3.8, 4) is 11.4 Å². The van der Waals surface area contributed by atoms with Gasteiger partial charge in [-0.1, -0.05) is 0 Å². The summed E-state index contributed by atoms with van der Waals surface area (Å²) in [7, 11) is 0. The second-order valence-electron chi connectivity index (χ2n) is 12.1. The lowest BCUT2D eigenvalue weighted by molar-refractivity contribution is -0.146. The van der Waals surface area contributed by atoms with E-state index in [9.17, 15) is 22.4 Å². The number of aromatic nitrogens is 5. The summed E-state index contributed by atoms with van der Waals surface area (Å²) < 4.78 is 55.0. The standard InChI is InChI=1S/C27H35F4N9O/c1-25(2,28)16-40-21-13-19(22-20(15-33-35-22)34-24(41)39-8-4-3-5-26(39)6-7-26)32-14-18(21)23(36-40)38-11-9-37(10-12-38)17-27(29,30)31/h13-15H,3-12,16-17H2,1-2H3,(H,33,35)(H,34,41). The van der Waals surface area contributed by atoms with E-state index in [1.807, 2.05) is 9.80 Å². The first-order valence-corrected chi connectivity index (χ1v) is 14.1. The van der Waals surface area contributed by atoms with E-state index >= 15 is 0 Å². The number of piperidine rings is 1. The second kappa shape index (κ2) is 10.1. The minimum atomic E-state index is -4.25. The van der Waals surface area contributed by atoms with E-state index in [2.05, 4.69) is 20.5 Å². The van der Waals surface area contributed by atoms with Crippen LogP contribution in [0.15, 0.2) is 18.5 Å². The molecule has 1 spiro atoms. The van der Waals surface area contributed by atoms with Crippen molar-refractivity contribution >= 4 is 28.4 Å². The molecule has 14 heteroatoms. The van der Waals surface area contributed by atoms with Crippen LogP contribution in [0.5, 0.6) is 0 Å². The molecular formula is C27H35F4N9O. The number of hydrogen-bond acceptors (Lipinski definition) is 6. The van der Waals surface area contributed by atoms with Crippen molar-refractivity contribution in [1.29, 1.82) is 0 Å². The van der Waals surface area contributed by atoms with Crippen LogP contribution in [0.2, 0.25) is 0 Å². The fourth-order valence-electron chi connectivity index (χ4n) is 6.11. The minimum absolute atomic E-state index is 0.0102. The number of urea groups is 1. The number of H-pyrrole nitrogens is 1. The van der Waals surface area contributed by atoms with Gasteiger partial charge in [0, 0.05) is 44.5 Å². The molecule has 1 saturated carbocycles. The van der Waals surface area contributed by atoms with Crippen LogP contribution in [0.4, 0.5) is 33.9 Å². The first-order valence-electron chi connectivity index (χ1n) is 14.1. The van der Waals surface area contributed by atoms with Gasteiger partial charge in [-0.3, -0.25) is 19.7 Å². The molecule has 0 radical (unpaired) electrons. The Hall–Kier alpha value is -3.42. The third kappa shape index (κ3) is 5.84. The number of anilines is 2. The van der Waals surface area contributed by atoms with Gasteiger partial charge in [0.1, 0.15) is 11.4 Å². The topological polar surface area (TPSA) is 98.2 Å². The van der Waals surface area contributed by atoms with Gasteiger partial charge in [0.15, 0.2) is 5.82 Å². The molecule has 222 valence electrons. The summed E-state index contributed by atoms with van der Waals surface area (Å²) in [6.45, 7) is 3.89. The Balaban J connectivity index is 1.27. The molecule has 3 fully saturated rings. The number of amides is 2. The average Bonchev–Trinajstić information content (AvgIpc) is 3.34. The predicted molar refractivity (Wildman–Crippen MR) is 147 cm³/mol. The molecule has 2 amide bonds. The van der Waals surface area contributed by atoms with Crippen LogP contribution in [0.25, 0.3) is 22.3 Å². The van der Waals surface area contributed by atoms with Gasteiger partial charge in [-0.2, -0.15) is 23.4 Å². The number of carbonyl (C=O) groups is 1. The van der Waals surface area contributed by atoms with Crippen molar-refractivity contribution in [3.05, 3.63) is 18.5 Å². The maximum atomic E-state index is 14.8. The number of aromatic amines is 1. The van der Waals surface area contributed by atoms with Crippen molar-refractivity contribution in [1.82, 2.24) is 34.8 Å². The lowest BCUT2D eigenvalue weighted by Crippen LogP contribution is -2.49. The number of pyridine rings is 1. The Morgan fingerprint density at radius 1 is 1.02 bits per heavy atom. The Labute approximate surface area is 235 Å². The van der Waals surface area contributed by atoms with Crippen molar-refractivity contribution in [3.63, 3.8) is 0 Å². The van der Waals surface area contributed by atoms with Crippen molar-refractivity contribution in [2.45, 2.75) is 69.9 Å². The van der Waals surface area contributed by atoms with Gasteiger partial charge in [-0.25, -0.2) is 9.18 Å². The molecule has 1 aliphatic carbocycles. The van der Waals surface area contributed by atoms with E-state index in [1.165, 1.54) is 18.7 Å². The van der Waals surface area contributed by atoms with Crippen LogP contribution >= 0.6 is 0 Å². The van der Waals surface area contributed by atoms with Crippen LogP contribution in [0, 0.1) is 0 Å². The largest absolute Gasteiger partial charge is 0.401 e. The molecule has 3 aliphatic rings. The molecule has 2 N–H and O–H groups in total. The van der Waals surface area contributed by atoms with E-state index in [4.69, 9.17) is 5.10 Å². The lowest BCUT2D eigenvalue weighted by Gasteiger charge is -2.36. The smallest absolute Gasteiger partial charge is 0.352 e. The van der Waals surface area contributed by atoms with E-state index in [0.717, 1.165) is 38.6 Å². The van der Waals surface area contributed by atoms with Crippen molar-refractivity contribution < 1.29 is 22.4 Å². The zero-order chi connectivity index (χ0) is 29.0. The van der Waals surface area contributed by atoms with E-state index in [1.54, 1.807) is 23.1 Å². The van der Waals surface area contributed by atoms with Gasteiger partial charge in [-0.15, -0.1) is 0 Å². The monoisotopic (exact) mass is 577 g/mol. The number of carbonyl (C=O) groups excluding carboxylic acids is 1. The highest BCUT2D eigenvalue weighted by Crippen LogP contribution is 2.48. The molecular weight excluding hydrogens is 542 g/mol. The van der Waals surface area contributed by atoms with Gasteiger partial charge >= 0.3 is 12.2 Å². The zero-order valence-electron chi connectivity index (χ0n) is 23.3. The summed E-state index contributed by atoms with van der Waals surface area (Å²) in [4.78, 5) is 23.1. The quantitative estimate of drug-likeness (QED) is 0.409. The van der Waals surface area contributed by atoms with Crippen LogP contribution in [-0.2, 0) is 6.54 Å². The fourth-order valence-corrected chi connectivity index (χ4v) is 6.11. The number of hydrogen-bond donors (Lipinski definition) is 2. The summed E-state index contributed by atoms with van der Waals surface area (Å²) in [6, 6.07) is 1.63. The fraction of sp³-hybridized carbons (Fsp3) is 0.630. The molecule has 0 atom stereocenters. The summed E-state index contributed by atoms with van der Waals surface area (Å²) in [6.07, 6.45) is 4.17. The average molecular weight is 578 g/mol. The van der Waals surface area contributed by atoms with Crippen molar-refractivity contribution in [2.75, 3.05) is 49.5 Å². The number of piperazine rings is 1. The molecule has 6 rings (SSSR count). The van der Waals surface area contributed by atoms with Gasteiger partial charge < -0.3 is 15.1 Å². The number of halogens is 4. The summed E-state index contributed by atoms with van der Waals surface area (Å²) in [5.41, 5.74) is 0.588. The number of rotatable bonds is 6. The molecule has 0 aromatic carbocycles. The molecule has 10 nitrogen and oxygen atoms in total. The van der Waals surface area contributed by atoms with Gasteiger partial charge in [-0.05, 0) is 52.0 Å². The highest BCUT2D eigenvalue weighted by atomic mass is 19.4.